The number of thiophene rings is 1. The topological polar surface area (TPSA) is 69.6 Å². The van der Waals surface area contributed by atoms with Crippen LogP contribution in [0.2, 0.25) is 0 Å². The molecule has 0 fully saturated rings. The molecule has 0 atom stereocenters. The van der Waals surface area contributed by atoms with Gasteiger partial charge in [-0.1, -0.05) is 115 Å². The van der Waals surface area contributed by atoms with Crippen molar-refractivity contribution in [2.45, 2.75) is 0 Å². The summed E-state index contributed by atoms with van der Waals surface area (Å²) in [7, 11) is 0. The number of fused-ring (bicyclic) bond motifs is 7. The monoisotopic (exact) mass is 697 g/mol. The Morgan fingerprint density at radius 1 is 0.434 bits per heavy atom. The van der Waals surface area contributed by atoms with Crippen molar-refractivity contribution in [3.8, 4) is 51.2 Å². The Bertz CT molecular complexity index is 3180. The second-order valence-corrected chi connectivity index (χ2v) is 14.1. The van der Waals surface area contributed by atoms with Crippen molar-refractivity contribution in [3.63, 3.8) is 0 Å². The number of imidazole rings is 1. The first-order valence-electron chi connectivity index (χ1n) is 17.5. The third-order valence-corrected chi connectivity index (χ3v) is 11.1. The lowest BCUT2D eigenvalue weighted by Gasteiger charge is -2.10. The predicted octanol–water partition coefficient (Wildman–Crippen LogP) is 12.1. The lowest BCUT2D eigenvalue weighted by molar-refractivity contribution is 0.670. The molecule has 0 bridgehead atoms. The Morgan fingerprint density at radius 3 is 1.83 bits per heavy atom. The fourth-order valence-electron chi connectivity index (χ4n) is 7.47. The lowest BCUT2D eigenvalue weighted by atomic mass is 10.1. The van der Waals surface area contributed by atoms with Crippen LogP contribution in [0.15, 0.2) is 168 Å². The van der Waals surface area contributed by atoms with Gasteiger partial charge < -0.3 is 4.42 Å². The number of hydrogen-bond donors (Lipinski definition) is 0. The van der Waals surface area contributed by atoms with E-state index in [4.69, 9.17) is 24.4 Å². The molecule has 0 aliphatic carbocycles. The summed E-state index contributed by atoms with van der Waals surface area (Å²) < 4.78 is 11.5. The minimum atomic E-state index is 0.551. The number of benzene rings is 7. The van der Waals surface area contributed by atoms with Crippen LogP contribution in [0.4, 0.5) is 0 Å². The highest BCUT2D eigenvalue weighted by Crippen LogP contribution is 2.42. The molecule has 0 aliphatic heterocycles. The molecule has 7 aromatic carbocycles. The van der Waals surface area contributed by atoms with Crippen LogP contribution in [0, 0.1) is 0 Å². The number of para-hydroxylation sites is 5. The molecule has 53 heavy (non-hydrogen) atoms. The summed E-state index contributed by atoms with van der Waals surface area (Å²) in [5, 5.41) is 4.41. The molecule has 0 N–H and O–H groups in total. The van der Waals surface area contributed by atoms with Gasteiger partial charge in [0.1, 0.15) is 17.0 Å². The lowest BCUT2D eigenvalue weighted by Crippen LogP contribution is -2.00. The smallest absolute Gasteiger partial charge is 0.167 e. The van der Waals surface area contributed by atoms with Gasteiger partial charge in [-0.2, -0.15) is 0 Å². The third-order valence-electron chi connectivity index (χ3n) is 9.89. The molecule has 0 aliphatic rings. The third kappa shape index (κ3) is 4.71. The van der Waals surface area contributed by atoms with E-state index in [1.165, 1.54) is 15.5 Å². The van der Waals surface area contributed by atoms with Gasteiger partial charge in [-0.25, -0.2) is 19.9 Å². The van der Waals surface area contributed by atoms with Crippen LogP contribution in [0.1, 0.15) is 0 Å². The van der Waals surface area contributed by atoms with Gasteiger partial charge in [0.05, 0.1) is 22.2 Å². The molecular formula is C46H27N5OS. The summed E-state index contributed by atoms with van der Waals surface area (Å²) in [4.78, 5) is 20.6. The highest BCUT2D eigenvalue weighted by Gasteiger charge is 2.23. The zero-order chi connectivity index (χ0) is 34.9. The van der Waals surface area contributed by atoms with E-state index in [9.17, 15) is 0 Å². The summed E-state index contributed by atoms with van der Waals surface area (Å²) in [6.07, 6.45) is 0. The Labute approximate surface area is 307 Å². The van der Waals surface area contributed by atoms with E-state index in [0.29, 0.717) is 23.1 Å². The normalized spacial score (nSPS) is 11.8. The Hall–Kier alpha value is -6.96. The van der Waals surface area contributed by atoms with E-state index in [-0.39, 0.29) is 0 Å². The largest absolute Gasteiger partial charge is 0.455 e. The number of hydrogen-bond acceptors (Lipinski definition) is 6. The van der Waals surface area contributed by atoms with Gasteiger partial charge in [-0.3, -0.25) is 4.57 Å². The Morgan fingerprint density at radius 2 is 1.02 bits per heavy atom. The van der Waals surface area contributed by atoms with Crippen molar-refractivity contribution in [3.05, 3.63) is 164 Å². The molecule has 4 heterocycles. The standard InChI is InChI=1S/C46H27N5OS/c1-3-14-28(15-4-1)43-48-44(50-45(49-43)36-24-13-21-33-30-18-7-10-27-39(30)53-42(33)36)34-22-11-19-31-32-20-12-23-35(41(32)52-40(31)34)46-47-37-25-8-9-26-38(37)51(46)29-16-5-2-6-17-29/h1-27H. The predicted molar refractivity (Wildman–Crippen MR) is 216 cm³/mol. The molecule has 4 aromatic heterocycles. The fraction of sp³-hybridized carbons (Fsp3) is 0. The zero-order valence-electron chi connectivity index (χ0n) is 28.1. The summed E-state index contributed by atoms with van der Waals surface area (Å²) in [6.45, 7) is 0. The molecule has 0 amide bonds. The fourth-order valence-corrected chi connectivity index (χ4v) is 8.69. The van der Waals surface area contributed by atoms with Crippen molar-refractivity contribution in [2.24, 2.45) is 0 Å². The molecule has 6 nitrogen and oxygen atoms in total. The molecule has 0 unspecified atom stereocenters. The summed E-state index contributed by atoms with van der Waals surface area (Å²) >= 11 is 1.77. The molecular weight excluding hydrogens is 671 g/mol. The molecule has 0 saturated carbocycles. The van der Waals surface area contributed by atoms with Crippen LogP contribution in [0.5, 0.6) is 0 Å². The number of furan rings is 1. The van der Waals surface area contributed by atoms with Gasteiger partial charge in [0, 0.05) is 47.8 Å². The molecule has 11 rings (SSSR count). The van der Waals surface area contributed by atoms with E-state index in [2.05, 4.69) is 120 Å². The first-order valence-corrected chi connectivity index (χ1v) is 18.3. The van der Waals surface area contributed by atoms with Crippen LogP contribution in [-0.4, -0.2) is 24.5 Å². The maximum Gasteiger partial charge on any atom is 0.167 e. The van der Waals surface area contributed by atoms with Crippen molar-refractivity contribution >= 4 is 64.5 Å². The van der Waals surface area contributed by atoms with Crippen LogP contribution >= 0.6 is 11.3 Å². The van der Waals surface area contributed by atoms with Crippen molar-refractivity contribution in [1.82, 2.24) is 24.5 Å². The van der Waals surface area contributed by atoms with E-state index in [1.807, 2.05) is 48.5 Å². The summed E-state index contributed by atoms with van der Waals surface area (Å²) in [5.41, 5.74) is 8.05. The molecule has 0 radical (unpaired) electrons. The highest BCUT2D eigenvalue weighted by atomic mass is 32.1. The van der Waals surface area contributed by atoms with Gasteiger partial charge in [0.25, 0.3) is 0 Å². The van der Waals surface area contributed by atoms with Crippen LogP contribution in [-0.2, 0) is 0 Å². The van der Waals surface area contributed by atoms with Gasteiger partial charge in [-0.15, -0.1) is 11.3 Å². The molecule has 0 saturated heterocycles. The van der Waals surface area contributed by atoms with E-state index < -0.39 is 0 Å². The second-order valence-electron chi connectivity index (χ2n) is 13.0. The molecule has 248 valence electrons. The van der Waals surface area contributed by atoms with E-state index in [1.54, 1.807) is 11.3 Å². The number of rotatable bonds is 5. The first-order chi connectivity index (χ1) is 26.3. The quantitative estimate of drug-likeness (QED) is 0.179. The van der Waals surface area contributed by atoms with E-state index in [0.717, 1.165) is 65.9 Å². The van der Waals surface area contributed by atoms with Crippen LogP contribution < -0.4 is 0 Å². The maximum absolute atomic E-state index is 6.96. The van der Waals surface area contributed by atoms with Gasteiger partial charge in [-0.05, 0) is 48.5 Å². The van der Waals surface area contributed by atoms with Gasteiger partial charge in [0.15, 0.2) is 17.5 Å². The zero-order valence-corrected chi connectivity index (χ0v) is 29.0. The minimum Gasteiger partial charge on any atom is -0.455 e. The molecule has 11 aromatic rings. The second kappa shape index (κ2) is 11.8. The summed E-state index contributed by atoms with van der Waals surface area (Å²) in [5.74, 6) is 2.59. The Kier molecular flexibility index (Phi) is 6.62. The van der Waals surface area contributed by atoms with Crippen molar-refractivity contribution < 1.29 is 4.42 Å². The van der Waals surface area contributed by atoms with Gasteiger partial charge in [0.2, 0.25) is 0 Å². The first kappa shape index (κ1) is 29.7. The molecule has 7 heteroatoms. The van der Waals surface area contributed by atoms with Crippen LogP contribution in [0.3, 0.4) is 0 Å². The van der Waals surface area contributed by atoms with Crippen molar-refractivity contribution in [1.29, 1.82) is 0 Å². The average Bonchev–Trinajstić information content (AvgIpc) is 3.93. The average molecular weight is 698 g/mol. The SMILES string of the molecule is c1ccc(-c2nc(-c3cccc4c3oc3c(-c5nc6ccccc6n5-c5ccccc5)cccc34)nc(-c3cccc4c3sc3ccccc34)n2)cc1. The van der Waals surface area contributed by atoms with Crippen molar-refractivity contribution in [2.75, 3.05) is 0 Å². The minimum absolute atomic E-state index is 0.551. The Balaban J connectivity index is 1.15. The van der Waals surface area contributed by atoms with E-state index >= 15 is 0 Å². The molecule has 0 spiro atoms. The number of aromatic nitrogens is 5. The van der Waals surface area contributed by atoms with Crippen LogP contribution in [0.25, 0.3) is 104 Å². The summed E-state index contributed by atoms with van der Waals surface area (Å²) in [6, 6.07) is 56.1. The maximum atomic E-state index is 6.96. The highest BCUT2D eigenvalue weighted by molar-refractivity contribution is 7.26. The number of nitrogens with zero attached hydrogens (tertiary/aromatic N) is 5. The van der Waals surface area contributed by atoms with Gasteiger partial charge >= 0.3 is 0 Å².